The number of nitrogens with zero attached hydrogens (tertiary/aromatic N) is 3. The first-order chi connectivity index (χ1) is 9.83. The predicted octanol–water partition coefficient (Wildman–Crippen LogP) is 0.318. The Kier molecular flexibility index (Phi) is 4.32. The summed E-state index contributed by atoms with van der Waals surface area (Å²) in [5, 5.41) is 3.29. The summed E-state index contributed by atoms with van der Waals surface area (Å²) < 4.78 is 5.01. The number of piperazine rings is 1. The summed E-state index contributed by atoms with van der Waals surface area (Å²) in [6.07, 6.45) is 5.24. The summed E-state index contributed by atoms with van der Waals surface area (Å²) in [4.78, 5) is 21.0. The van der Waals surface area contributed by atoms with Gasteiger partial charge in [-0.05, 0) is 19.4 Å². The van der Waals surface area contributed by atoms with Crippen LogP contribution in [0.1, 0.15) is 18.5 Å². The Labute approximate surface area is 119 Å². The monoisotopic (exact) mass is 278 g/mol. The summed E-state index contributed by atoms with van der Waals surface area (Å²) >= 11 is 0. The van der Waals surface area contributed by atoms with Crippen molar-refractivity contribution in [3.8, 4) is 0 Å². The molecule has 110 valence electrons. The summed E-state index contributed by atoms with van der Waals surface area (Å²) in [7, 11) is 0. The van der Waals surface area contributed by atoms with E-state index in [1.807, 2.05) is 4.90 Å². The number of rotatable bonds is 3. The van der Waals surface area contributed by atoms with E-state index < -0.39 is 0 Å². The van der Waals surface area contributed by atoms with Crippen molar-refractivity contribution in [2.24, 2.45) is 5.92 Å². The third-order valence-corrected chi connectivity index (χ3v) is 4.15. The number of amides is 1. The minimum Gasteiger partial charge on any atom is -0.451 e. The topological polar surface area (TPSA) is 61.6 Å². The fraction of sp³-hybridized carbons (Fsp3) is 0.714. The zero-order valence-corrected chi connectivity index (χ0v) is 11.8. The van der Waals surface area contributed by atoms with Gasteiger partial charge in [0.25, 0.3) is 0 Å². The third kappa shape index (κ3) is 3.19. The fourth-order valence-electron chi connectivity index (χ4n) is 3.09. The molecule has 6 heteroatoms. The molecule has 0 radical (unpaired) electrons. The SMILES string of the molecule is O=C(C1CCCN(Cc2cocn2)C1)N1CCNCC1. The first-order valence-corrected chi connectivity index (χ1v) is 7.42. The highest BCUT2D eigenvalue weighted by molar-refractivity contribution is 5.79. The summed E-state index contributed by atoms with van der Waals surface area (Å²) in [6, 6.07) is 0. The van der Waals surface area contributed by atoms with Gasteiger partial charge in [-0.1, -0.05) is 0 Å². The maximum absolute atomic E-state index is 12.5. The quantitative estimate of drug-likeness (QED) is 0.863. The molecule has 2 aliphatic rings. The van der Waals surface area contributed by atoms with E-state index in [1.165, 1.54) is 6.39 Å². The van der Waals surface area contributed by atoms with Crippen molar-refractivity contribution in [1.29, 1.82) is 0 Å². The van der Waals surface area contributed by atoms with Crippen molar-refractivity contribution < 1.29 is 9.21 Å². The molecule has 1 aromatic rings. The number of nitrogens with one attached hydrogen (secondary N) is 1. The van der Waals surface area contributed by atoms with Crippen LogP contribution >= 0.6 is 0 Å². The lowest BCUT2D eigenvalue weighted by atomic mass is 9.96. The van der Waals surface area contributed by atoms with Crippen LogP contribution in [-0.4, -0.2) is 60.0 Å². The maximum atomic E-state index is 12.5. The van der Waals surface area contributed by atoms with E-state index >= 15 is 0 Å². The molecule has 20 heavy (non-hydrogen) atoms. The van der Waals surface area contributed by atoms with Gasteiger partial charge in [0.2, 0.25) is 5.91 Å². The minimum absolute atomic E-state index is 0.147. The van der Waals surface area contributed by atoms with Crippen LogP contribution in [0, 0.1) is 5.92 Å². The Morgan fingerprint density at radius 3 is 3.00 bits per heavy atom. The van der Waals surface area contributed by atoms with E-state index in [4.69, 9.17) is 4.42 Å². The van der Waals surface area contributed by atoms with Crippen molar-refractivity contribution in [3.63, 3.8) is 0 Å². The van der Waals surface area contributed by atoms with Crippen molar-refractivity contribution in [1.82, 2.24) is 20.1 Å². The normalized spacial score (nSPS) is 24.8. The maximum Gasteiger partial charge on any atom is 0.227 e. The fourth-order valence-corrected chi connectivity index (χ4v) is 3.09. The first-order valence-electron chi connectivity index (χ1n) is 7.42. The second-order valence-corrected chi connectivity index (χ2v) is 5.63. The Balaban J connectivity index is 1.55. The van der Waals surface area contributed by atoms with Gasteiger partial charge in [-0.15, -0.1) is 0 Å². The predicted molar refractivity (Wildman–Crippen MR) is 74.0 cm³/mol. The van der Waals surface area contributed by atoms with Gasteiger partial charge in [-0.2, -0.15) is 0 Å². The molecule has 1 aromatic heterocycles. The number of likely N-dealkylation sites (tertiary alicyclic amines) is 1. The molecule has 1 unspecified atom stereocenters. The standard InChI is InChI=1S/C14H22N4O2/c19-14(18-6-3-15-4-7-18)12-2-1-5-17(8-12)9-13-10-20-11-16-13/h10-12,15H,1-9H2. The molecule has 1 atom stereocenters. The zero-order chi connectivity index (χ0) is 13.8. The highest BCUT2D eigenvalue weighted by Crippen LogP contribution is 2.20. The van der Waals surface area contributed by atoms with E-state index in [2.05, 4.69) is 15.2 Å². The minimum atomic E-state index is 0.147. The number of carbonyl (C=O) groups is 1. The van der Waals surface area contributed by atoms with Gasteiger partial charge in [0.15, 0.2) is 6.39 Å². The van der Waals surface area contributed by atoms with Gasteiger partial charge >= 0.3 is 0 Å². The molecular weight excluding hydrogens is 256 g/mol. The molecule has 0 bridgehead atoms. The lowest BCUT2D eigenvalue weighted by Gasteiger charge is -2.36. The van der Waals surface area contributed by atoms with Crippen molar-refractivity contribution in [3.05, 3.63) is 18.4 Å². The molecule has 0 spiro atoms. The molecular formula is C14H22N4O2. The number of piperidine rings is 1. The van der Waals surface area contributed by atoms with E-state index in [0.717, 1.165) is 64.3 Å². The molecule has 3 rings (SSSR count). The van der Waals surface area contributed by atoms with Gasteiger partial charge in [0.05, 0.1) is 11.6 Å². The average Bonchev–Trinajstić information content (AvgIpc) is 3.01. The van der Waals surface area contributed by atoms with Gasteiger partial charge in [-0.3, -0.25) is 9.69 Å². The molecule has 2 aliphatic heterocycles. The Hall–Kier alpha value is -1.40. The van der Waals surface area contributed by atoms with Crippen LogP contribution in [0.25, 0.3) is 0 Å². The third-order valence-electron chi connectivity index (χ3n) is 4.15. The molecule has 0 aliphatic carbocycles. The number of carbonyl (C=O) groups excluding carboxylic acids is 1. The van der Waals surface area contributed by atoms with Crippen LogP contribution in [0.4, 0.5) is 0 Å². The average molecular weight is 278 g/mol. The van der Waals surface area contributed by atoms with Crippen LogP contribution in [0.5, 0.6) is 0 Å². The van der Waals surface area contributed by atoms with E-state index in [1.54, 1.807) is 6.26 Å². The van der Waals surface area contributed by atoms with Crippen LogP contribution in [0.15, 0.2) is 17.1 Å². The van der Waals surface area contributed by atoms with Gasteiger partial charge in [0.1, 0.15) is 6.26 Å². The number of oxazole rings is 1. The number of hydrogen-bond donors (Lipinski definition) is 1. The second-order valence-electron chi connectivity index (χ2n) is 5.63. The molecule has 1 N–H and O–H groups in total. The van der Waals surface area contributed by atoms with Crippen LogP contribution in [0.2, 0.25) is 0 Å². The molecule has 6 nitrogen and oxygen atoms in total. The zero-order valence-electron chi connectivity index (χ0n) is 11.8. The van der Waals surface area contributed by atoms with Crippen molar-refractivity contribution in [2.75, 3.05) is 39.3 Å². The van der Waals surface area contributed by atoms with E-state index in [9.17, 15) is 4.79 Å². The van der Waals surface area contributed by atoms with Gasteiger partial charge < -0.3 is 14.6 Å². The molecule has 0 saturated carbocycles. The van der Waals surface area contributed by atoms with Gasteiger partial charge in [0, 0.05) is 39.3 Å². The molecule has 3 heterocycles. The van der Waals surface area contributed by atoms with Crippen LogP contribution in [0.3, 0.4) is 0 Å². The molecule has 1 amide bonds. The Bertz CT molecular complexity index is 428. The molecule has 2 saturated heterocycles. The lowest BCUT2D eigenvalue weighted by Crippen LogP contribution is -2.51. The number of aromatic nitrogens is 1. The van der Waals surface area contributed by atoms with Crippen molar-refractivity contribution in [2.45, 2.75) is 19.4 Å². The van der Waals surface area contributed by atoms with Crippen LogP contribution in [-0.2, 0) is 11.3 Å². The number of hydrogen-bond acceptors (Lipinski definition) is 5. The summed E-state index contributed by atoms with van der Waals surface area (Å²) in [5.74, 6) is 0.477. The van der Waals surface area contributed by atoms with Crippen LogP contribution < -0.4 is 5.32 Å². The van der Waals surface area contributed by atoms with Gasteiger partial charge in [-0.25, -0.2) is 4.98 Å². The summed E-state index contributed by atoms with van der Waals surface area (Å²) in [5.41, 5.74) is 0.945. The largest absolute Gasteiger partial charge is 0.451 e. The highest BCUT2D eigenvalue weighted by Gasteiger charge is 2.29. The summed E-state index contributed by atoms with van der Waals surface area (Å²) in [6.45, 7) is 6.19. The van der Waals surface area contributed by atoms with Crippen molar-refractivity contribution >= 4 is 5.91 Å². The Morgan fingerprint density at radius 2 is 2.25 bits per heavy atom. The second kappa shape index (κ2) is 6.37. The van der Waals surface area contributed by atoms with E-state index in [0.29, 0.717) is 5.91 Å². The smallest absolute Gasteiger partial charge is 0.227 e. The lowest BCUT2D eigenvalue weighted by molar-refractivity contribution is -0.138. The molecule has 2 fully saturated rings. The first kappa shape index (κ1) is 13.6. The Morgan fingerprint density at radius 1 is 1.40 bits per heavy atom. The van der Waals surface area contributed by atoms with E-state index in [-0.39, 0.29) is 5.92 Å². The highest BCUT2D eigenvalue weighted by atomic mass is 16.3. The molecule has 0 aromatic carbocycles.